The van der Waals surface area contributed by atoms with Gasteiger partial charge in [0.1, 0.15) is 0 Å². The van der Waals surface area contributed by atoms with Crippen molar-refractivity contribution in [3.63, 3.8) is 0 Å². The van der Waals surface area contributed by atoms with Crippen molar-refractivity contribution in [3.8, 4) is 0 Å². The third-order valence-electron chi connectivity index (χ3n) is 3.79. The monoisotopic (exact) mass is 261 g/mol. The number of carbonyl (C=O) groups is 1. The Hall–Kier alpha value is -1.31. The molecule has 1 aromatic carbocycles. The first-order chi connectivity index (χ1) is 9.06. The molecule has 0 bridgehead atoms. The van der Waals surface area contributed by atoms with Gasteiger partial charge in [0, 0.05) is 19.0 Å². The predicted octanol–water partition coefficient (Wildman–Crippen LogP) is 3.90. The summed E-state index contributed by atoms with van der Waals surface area (Å²) in [4.78, 5) is 14.2. The van der Waals surface area contributed by atoms with Gasteiger partial charge >= 0.3 is 0 Å². The minimum absolute atomic E-state index is 0.142. The molecule has 0 saturated carbocycles. The second kappa shape index (κ2) is 7.98. The number of benzene rings is 1. The van der Waals surface area contributed by atoms with Crippen LogP contribution in [-0.2, 0) is 11.2 Å². The number of rotatable bonds is 7. The standard InChI is InChI=1S/C17H27NO/c1-5-6-10-14(2)17(19)18(4)15(3)13-16-11-8-7-9-12-16/h7-9,11-12,14-15H,5-6,10,13H2,1-4H3. The van der Waals surface area contributed by atoms with Gasteiger partial charge in [-0.3, -0.25) is 4.79 Å². The van der Waals surface area contributed by atoms with E-state index in [0.717, 1.165) is 25.7 Å². The molecule has 2 heteroatoms. The second-order valence-electron chi connectivity index (χ2n) is 5.53. The van der Waals surface area contributed by atoms with Gasteiger partial charge in [-0.1, -0.05) is 57.0 Å². The van der Waals surface area contributed by atoms with E-state index < -0.39 is 0 Å². The highest BCUT2D eigenvalue weighted by Gasteiger charge is 2.21. The molecule has 0 saturated heterocycles. The van der Waals surface area contributed by atoms with Gasteiger partial charge in [-0.15, -0.1) is 0 Å². The molecule has 2 nitrogen and oxygen atoms in total. The van der Waals surface area contributed by atoms with Gasteiger partial charge in [-0.05, 0) is 25.3 Å². The molecule has 0 aliphatic carbocycles. The molecule has 0 spiro atoms. The molecule has 0 aliphatic rings. The van der Waals surface area contributed by atoms with Crippen molar-refractivity contribution >= 4 is 5.91 Å². The van der Waals surface area contributed by atoms with Gasteiger partial charge in [0.15, 0.2) is 0 Å². The van der Waals surface area contributed by atoms with E-state index in [0.29, 0.717) is 0 Å². The first kappa shape index (κ1) is 15.7. The molecule has 19 heavy (non-hydrogen) atoms. The molecule has 1 amide bonds. The van der Waals surface area contributed by atoms with Gasteiger partial charge in [-0.2, -0.15) is 0 Å². The summed E-state index contributed by atoms with van der Waals surface area (Å²) < 4.78 is 0. The molecular weight excluding hydrogens is 234 g/mol. The number of likely N-dealkylation sites (N-methyl/N-ethyl adjacent to an activating group) is 1. The average molecular weight is 261 g/mol. The summed E-state index contributed by atoms with van der Waals surface area (Å²) in [6.45, 7) is 6.33. The maximum Gasteiger partial charge on any atom is 0.225 e. The van der Waals surface area contributed by atoms with Crippen molar-refractivity contribution in [1.29, 1.82) is 0 Å². The molecule has 0 aromatic heterocycles. The maximum absolute atomic E-state index is 12.3. The first-order valence-corrected chi connectivity index (χ1v) is 7.36. The number of hydrogen-bond acceptors (Lipinski definition) is 1. The summed E-state index contributed by atoms with van der Waals surface area (Å²) in [7, 11) is 1.93. The quantitative estimate of drug-likeness (QED) is 0.729. The van der Waals surface area contributed by atoms with E-state index in [9.17, 15) is 4.79 Å². The number of carbonyl (C=O) groups excluding carboxylic acids is 1. The predicted molar refractivity (Wildman–Crippen MR) is 81.1 cm³/mol. The van der Waals surface area contributed by atoms with Crippen molar-refractivity contribution in [3.05, 3.63) is 35.9 Å². The number of amides is 1. The summed E-state index contributed by atoms with van der Waals surface area (Å²) in [5.74, 6) is 0.417. The van der Waals surface area contributed by atoms with Crippen molar-refractivity contribution < 1.29 is 4.79 Å². The van der Waals surface area contributed by atoms with Crippen LogP contribution in [0.15, 0.2) is 30.3 Å². The molecule has 1 rings (SSSR count). The smallest absolute Gasteiger partial charge is 0.225 e. The first-order valence-electron chi connectivity index (χ1n) is 7.36. The Balaban J connectivity index is 2.51. The maximum atomic E-state index is 12.3. The fourth-order valence-corrected chi connectivity index (χ4v) is 2.29. The number of unbranched alkanes of at least 4 members (excludes halogenated alkanes) is 1. The fourth-order valence-electron chi connectivity index (χ4n) is 2.29. The highest BCUT2D eigenvalue weighted by atomic mass is 16.2. The normalized spacial score (nSPS) is 13.9. The Bertz CT molecular complexity index is 374. The van der Waals surface area contributed by atoms with E-state index in [1.807, 2.05) is 37.1 Å². The Kier molecular flexibility index (Phi) is 6.61. The minimum Gasteiger partial charge on any atom is -0.342 e. The summed E-state index contributed by atoms with van der Waals surface area (Å²) in [5, 5.41) is 0. The molecule has 0 aliphatic heterocycles. The fraction of sp³-hybridized carbons (Fsp3) is 0.588. The highest BCUT2D eigenvalue weighted by Crippen LogP contribution is 2.14. The summed E-state index contributed by atoms with van der Waals surface area (Å²) in [5.41, 5.74) is 1.29. The molecular formula is C17H27NO. The Morgan fingerprint density at radius 3 is 2.42 bits per heavy atom. The summed E-state index contributed by atoms with van der Waals surface area (Å²) >= 11 is 0. The SMILES string of the molecule is CCCCC(C)C(=O)N(C)C(C)Cc1ccccc1. The lowest BCUT2D eigenvalue weighted by atomic mass is 10.0. The second-order valence-corrected chi connectivity index (χ2v) is 5.53. The van der Waals surface area contributed by atoms with Crippen molar-refractivity contribution in [2.75, 3.05) is 7.05 Å². The van der Waals surface area contributed by atoms with Gasteiger partial charge in [0.05, 0.1) is 0 Å². The zero-order chi connectivity index (χ0) is 14.3. The minimum atomic E-state index is 0.142. The van der Waals surface area contributed by atoms with Crippen LogP contribution >= 0.6 is 0 Å². The third kappa shape index (κ3) is 5.06. The van der Waals surface area contributed by atoms with E-state index in [1.54, 1.807) is 0 Å². The number of hydrogen-bond donors (Lipinski definition) is 0. The van der Waals surface area contributed by atoms with E-state index in [1.165, 1.54) is 5.56 Å². The third-order valence-corrected chi connectivity index (χ3v) is 3.79. The van der Waals surface area contributed by atoms with Crippen LogP contribution in [0.25, 0.3) is 0 Å². The summed E-state index contributed by atoms with van der Waals surface area (Å²) in [6, 6.07) is 10.6. The van der Waals surface area contributed by atoms with Gasteiger partial charge < -0.3 is 4.90 Å². The zero-order valence-electron chi connectivity index (χ0n) is 12.7. The van der Waals surface area contributed by atoms with Crippen LogP contribution in [0.5, 0.6) is 0 Å². The van der Waals surface area contributed by atoms with E-state index in [-0.39, 0.29) is 17.9 Å². The molecule has 2 atom stereocenters. The van der Waals surface area contributed by atoms with Crippen LogP contribution in [0.1, 0.15) is 45.6 Å². The van der Waals surface area contributed by atoms with Gasteiger partial charge in [0.25, 0.3) is 0 Å². The van der Waals surface area contributed by atoms with Crippen LogP contribution < -0.4 is 0 Å². The Morgan fingerprint density at radius 2 is 1.84 bits per heavy atom. The van der Waals surface area contributed by atoms with Crippen LogP contribution in [0.4, 0.5) is 0 Å². The number of nitrogens with zero attached hydrogens (tertiary/aromatic N) is 1. The highest BCUT2D eigenvalue weighted by molar-refractivity contribution is 5.78. The van der Waals surface area contributed by atoms with Crippen LogP contribution in [-0.4, -0.2) is 23.9 Å². The molecule has 2 unspecified atom stereocenters. The molecule has 0 fully saturated rings. The molecule has 0 heterocycles. The van der Waals surface area contributed by atoms with Gasteiger partial charge in [0.2, 0.25) is 5.91 Å². The summed E-state index contributed by atoms with van der Waals surface area (Å²) in [6.07, 6.45) is 4.20. The van der Waals surface area contributed by atoms with E-state index >= 15 is 0 Å². The lowest BCUT2D eigenvalue weighted by Gasteiger charge is -2.28. The largest absolute Gasteiger partial charge is 0.342 e. The molecule has 0 radical (unpaired) electrons. The van der Waals surface area contributed by atoms with E-state index in [2.05, 4.69) is 26.0 Å². The average Bonchev–Trinajstić information content (AvgIpc) is 2.44. The zero-order valence-corrected chi connectivity index (χ0v) is 12.7. The Labute approximate surface area is 117 Å². The van der Waals surface area contributed by atoms with E-state index in [4.69, 9.17) is 0 Å². The molecule has 1 aromatic rings. The van der Waals surface area contributed by atoms with Crippen molar-refractivity contribution in [1.82, 2.24) is 4.90 Å². The molecule has 106 valence electrons. The van der Waals surface area contributed by atoms with Crippen molar-refractivity contribution in [2.24, 2.45) is 5.92 Å². The van der Waals surface area contributed by atoms with Crippen molar-refractivity contribution in [2.45, 2.75) is 52.5 Å². The molecule has 0 N–H and O–H groups in total. The van der Waals surface area contributed by atoms with Crippen LogP contribution in [0.2, 0.25) is 0 Å². The lowest BCUT2D eigenvalue weighted by molar-refractivity contribution is -0.135. The lowest BCUT2D eigenvalue weighted by Crippen LogP contribution is -2.39. The van der Waals surface area contributed by atoms with Gasteiger partial charge in [-0.25, -0.2) is 0 Å². The topological polar surface area (TPSA) is 20.3 Å². The van der Waals surface area contributed by atoms with Crippen LogP contribution in [0.3, 0.4) is 0 Å². The Morgan fingerprint density at radius 1 is 1.21 bits per heavy atom. The van der Waals surface area contributed by atoms with Crippen LogP contribution in [0, 0.1) is 5.92 Å².